The Bertz CT molecular complexity index is 369. The quantitative estimate of drug-likeness (QED) is 0.813. The molecule has 4 nitrogen and oxygen atoms in total. The van der Waals surface area contributed by atoms with Crippen LogP contribution in [0.3, 0.4) is 0 Å². The molecule has 0 aliphatic carbocycles. The Hall–Kier alpha value is -1.23. The summed E-state index contributed by atoms with van der Waals surface area (Å²) in [7, 11) is 0. The van der Waals surface area contributed by atoms with Gasteiger partial charge in [0.15, 0.2) is 11.6 Å². The Morgan fingerprint density at radius 2 is 2.38 bits per heavy atom. The van der Waals surface area contributed by atoms with Gasteiger partial charge in [-0.15, -0.1) is 0 Å². The zero-order valence-corrected chi connectivity index (χ0v) is 9.70. The second-order valence-corrected chi connectivity index (χ2v) is 4.11. The lowest BCUT2D eigenvalue weighted by Crippen LogP contribution is -2.49. The Kier molecular flexibility index (Phi) is 3.33. The Morgan fingerprint density at radius 3 is 3.06 bits per heavy atom. The average Bonchev–Trinajstić information content (AvgIpc) is 2.29. The fourth-order valence-corrected chi connectivity index (χ4v) is 1.99. The summed E-state index contributed by atoms with van der Waals surface area (Å²) >= 11 is 0. The number of nitrogens with zero attached hydrogens (tertiary/aromatic N) is 3. The van der Waals surface area contributed by atoms with Gasteiger partial charge in [-0.2, -0.15) is 0 Å². The maximum atomic E-state index is 14.0. The highest BCUT2D eigenvalue weighted by atomic mass is 19.1. The van der Waals surface area contributed by atoms with Gasteiger partial charge in [-0.05, 0) is 13.3 Å². The molecule has 1 N–H and O–H groups in total. The molecule has 2 rings (SSSR count). The molecule has 5 heteroatoms. The van der Waals surface area contributed by atoms with Crippen LogP contribution in [0.1, 0.15) is 19.5 Å². The van der Waals surface area contributed by atoms with Gasteiger partial charge in [-0.3, -0.25) is 0 Å². The summed E-state index contributed by atoms with van der Waals surface area (Å²) in [5.74, 6) is 0.180. The number of hydrogen-bond acceptors (Lipinski definition) is 4. The molecule has 1 saturated heterocycles. The summed E-state index contributed by atoms with van der Waals surface area (Å²) in [6.45, 7) is 6.44. The molecular weight excluding hydrogens is 207 g/mol. The SMILES string of the molecule is CCc1ncnc(N2CCNC(C)C2)c1F. The van der Waals surface area contributed by atoms with E-state index in [1.54, 1.807) is 0 Å². The first-order valence-electron chi connectivity index (χ1n) is 5.70. The third-order valence-electron chi connectivity index (χ3n) is 2.85. The fraction of sp³-hybridized carbons (Fsp3) is 0.636. The Morgan fingerprint density at radius 1 is 1.56 bits per heavy atom. The van der Waals surface area contributed by atoms with Crippen molar-refractivity contribution in [1.29, 1.82) is 0 Å². The van der Waals surface area contributed by atoms with Gasteiger partial charge >= 0.3 is 0 Å². The molecule has 1 atom stereocenters. The van der Waals surface area contributed by atoms with Crippen LogP contribution < -0.4 is 10.2 Å². The molecule has 1 aliphatic rings. The van der Waals surface area contributed by atoms with Crippen molar-refractivity contribution in [1.82, 2.24) is 15.3 Å². The standard InChI is InChI=1S/C11H17FN4/c1-3-9-10(12)11(15-7-14-9)16-5-4-13-8(2)6-16/h7-8,13H,3-6H2,1-2H3. The van der Waals surface area contributed by atoms with Crippen LogP contribution in [-0.4, -0.2) is 35.6 Å². The molecule has 1 aromatic rings. The van der Waals surface area contributed by atoms with E-state index in [-0.39, 0.29) is 5.82 Å². The summed E-state index contributed by atoms with van der Waals surface area (Å²) in [6.07, 6.45) is 2.05. The highest BCUT2D eigenvalue weighted by Gasteiger charge is 2.21. The molecule has 1 unspecified atom stereocenters. The van der Waals surface area contributed by atoms with Gasteiger partial charge in [0.2, 0.25) is 0 Å². The molecule has 0 amide bonds. The van der Waals surface area contributed by atoms with E-state index >= 15 is 0 Å². The maximum Gasteiger partial charge on any atom is 0.187 e. The van der Waals surface area contributed by atoms with Gasteiger partial charge in [0, 0.05) is 25.7 Å². The number of anilines is 1. The third-order valence-corrected chi connectivity index (χ3v) is 2.85. The van der Waals surface area contributed by atoms with Crippen LogP contribution in [0.15, 0.2) is 6.33 Å². The zero-order valence-electron chi connectivity index (χ0n) is 9.70. The molecule has 2 heterocycles. The predicted molar refractivity (Wildman–Crippen MR) is 61.0 cm³/mol. The van der Waals surface area contributed by atoms with Crippen LogP contribution in [0.4, 0.5) is 10.2 Å². The van der Waals surface area contributed by atoms with Crippen LogP contribution in [0.2, 0.25) is 0 Å². The van der Waals surface area contributed by atoms with E-state index in [9.17, 15) is 4.39 Å². The number of aryl methyl sites for hydroxylation is 1. The summed E-state index contributed by atoms with van der Waals surface area (Å²) < 4.78 is 14.0. The van der Waals surface area contributed by atoms with Gasteiger partial charge in [-0.1, -0.05) is 6.92 Å². The Labute approximate surface area is 94.9 Å². The molecule has 0 bridgehead atoms. The predicted octanol–water partition coefficient (Wildman–Crippen LogP) is 0.976. The third kappa shape index (κ3) is 2.14. The van der Waals surface area contributed by atoms with Gasteiger partial charge < -0.3 is 10.2 Å². The summed E-state index contributed by atoms with van der Waals surface area (Å²) in [4.78, 5) is 9.98. The molecule has 0 spiro atoms. The monoisotopic (exact) mass is 224 g/mol. The first kappa shape index (κ1) is 11.3. The number of piperazine rings is 1. The van der Waals surface area contributed by atoms with Gasteiger partial charge in [-0.25, -0.2) is 14.4 Å². The molecule has 88 valence electrons. The molecule has 0 aromatic carbocycles. The van der Waals surface area contributed by atoms with Crippen molar-refractivity contribution in [3.05, 3.63) is 17.8 Å². The molecule has 16 heavy (non-hydrogen) atoms. The van der Waals surface area contributed by atoms with E-state index in [4.69, 9.17) is 0 Å². The van der Waals surface area contributed by atoms with E-state index in [0.29, 0.717) is 24.0 Å². The van der Waals surface area contributed by atoms with E-state index in [1.807, 2.05) is 11.8 Å². The number of nitrogens with one attached hydrogen (secondary N) is 1. The largest absolute Gasteiger partial charge is 0.351 e. The number of rotatable bonds is 2. The molecular formula is C11H17FN4. The van der Waals surface area contributed by atoms with Gasteiger partial charge in [0.25, 0.3) is 0 Å². The summed E-state index contributed by atoms with van der Waals surface area (Å²) in [5.41, 5.74) is 0.496. The minimum atomic E-state index is -0.265. The van der Waals surface area contributed by atoms with Crippen molar-refractivity contribution < 1.29 is 4.39 Å². The first-order valence-corrected chi connectivity index (χ1v) is 5.70. The second-order valence-electron chi connectivity index (χ2n) is 4.11. The minimum Gasteiger partial charge on any atom is -0.351 e. The van der Waals surface area contributed by atoms with Crippen molar-refractivity contribution >= 4 is 5.82 Å². The summed E-state index contributed by atoms with van der Waals surface area (Å²) in [5, 5.41) is 3.32. The molecule has 0 saturated carbocycles. The first-order chi connectivity index (χ1) is 7.72. The fourth-order valence-electron chi connectivity index (χ4n) is 1.99. The molecule has 1 aliphatic heterocycles. The van der Waals surface area contributed by atoms with Crippen LogP contribution >= 0.6 is 0 Å². The minimum absolute atomic E-state index is 0.265. The van der Waals surface area contributed by atoms with Gasteiger partial charge in [0.05, 0.1) is 5.69 Å². The van der Waals surface area contributed by atoms with Crippen LogP contribution in [0.25, 0.3) is 0 Å². The van der Waals surface area contributed by atoms with E-state index in [0.717, 1.165) is 19.6 Å². The van der Waals surface area contributed by atoms with E-state index in [1.165, 1.54) is 6.33 Å². The van der Waals surface area contributed by atoms with Crippen LogP contribution in [0.5, 0.6) is 0 Å². The van der Waals surface area contributed by atoms with E-state index in [2.05, 4.69) is 22.2 Å². The van der Waals surface area contributed by atoms with Crippen molar-refractivity contribution in [2.75, 3.05) is 24.5 Å². The average molecular weight is 224 g/mol. The maximum absolute atomic E-state index is 14.0. The molecule has 1 fully saturated rings. The second kappa shape index (κ2) is 4.74. The lowest BCUT2D eigenvalue weighted by atomic mass is 10.2. The van der Waals surface area contributed by atoms with Crippen molar-refractivity contribution in [3.63, 3.8) is 0 Å². The topological polar surface area (TPSA) is 41.1 Å². The highest BCUT2D eigenvalue weighted by molar-refractivity contribution is 5.41. The van der Waals surface area contributed by atoms with Crippen LogP contribution in [0, 0.1) is 5.82 Å². The lowest BCUT2D eigenvalue weighted by molar-refractivity contribution is 0.472. The lowest BCUT2D eigenvalue weighted by Gasteiger charge is -2.32. The smallest absolute Gasteiger partial charge is 0.187 e. The van der Waals surface area contributed by atoms with E-state index < -0.39 is 0 Å². The Balaban J connectivity index is 2.25. The number of halogens is 1. The van der Waals surface area contributed by atoms with Crippen LogP contribution in [-0.2, 0) is 6.42 Å². The van der Waals surface area contributed by atoms with Gasteiger partial charge in [0.1, 0.15) is 6.33 Å². The van der Waals surface area contributed by atoms with Crippen molar-refractivity contribution in [3.8, 4) is 0 Å². The molecule has 0 radical (unpaired) electrons. The zero-order chi connectivity index (χ0) is 11.5. The molecule has 1 aromatic heterocycles. The summed E-state index contributed by atoms with van der Waals surface area (Å²) in [6, 6.07) is 0.369. The number of aromatic nitrogens is 2. The number of hydrogen-bond donors (Lipinski definition) is 1. The van der Waals surface area contributed by atoms with Crippen molar-refractivity contribution in [2.45, 2.75) is 26.3 Å². The highest BCUT2D eigenvalue weighted by Crippen LogP contribution is 2.19. The normalized spacial score (nSPS) is 21.2. The van der Waals surface area contributed by atoms with Crippen molar-refractivity contribution in [2.24, 2.45) is 0 Å².